The van der Waals surface area contributed by atoms with Gasteiger partial charge in [0.1, 0.15) is 18.2 Å². The van der Waals surface area contributed by atoms with Gasteiger partial charge < -0.3 is 14.9 Å². The molecule has 0 bridgehead atoms. The van der Waals surface area contributed by atoms with Crippen LogP contribution >= 0.6 is 11.6 Å². The molecular formula is C16H14ClFN2O4. The maximum Gasteiger partial charge on any atom is 0.278 e. The van der Waals surface area contributed by atoms with Gasteiger partial charge in [0.25, 0.3) is 5.69 Å². The Morgan fingerprint density at radius 1 is 1.33 bits per heavy atom. The Morgan fingerprint density at radius 2 is 2.08 bits per heavy atom. The van der Waals surface area contributed by atoms with Crippen molar-refractivity contribution in [3.8, 4) is 11.5 Å². The Hall–Kier alpha value is -2.51. The van der Waals surface area contributed by atoms with E-state index < -0.39 is 11.6 Å². The SMILES string of the molecule is COCC(=N)c1cc(Oc2ccc(CF)cc2Cl)ccc1[N+](=O)[O-]. The van der Waals surface area contributed by atoms with Gasteiger partial charge in [0.2, 0.25) is 0 Å². The van der Waals surface area contributed by atoms with Crippen LogP contribution in [0.5, 0.6) is 11.5 Å². The number of methoxy groups -OCH3 is 1. The molecule has 0 unspecified atom stereocenters. The molecule has 6 nitrogen and oxygen atoms in total. The summed E-state index contributed by atoms with van der Waals surface area (Å²) in [5, 5.41) is 19.2. The third kappa shape index (κ3) is 4.06. The molecule has 2 aromatic rings. The lowest BCUT2D eigenvalue weighted by atomic mass is 10.1. The van der Waals surface area contributed by atoms with Gasteiger partial charge in [-0.05, 0) is 29.8 Å². The first-order chi connectivity index (χ1) is 11.5. The molecule has 8 heteroatoms. The molecule has 0 fully saturated rings. The van der Waals surface area contributed by atoms with Crippen molar-refractivity contribution in [1.29, 1.82) is 5.41 Å². The summed E-state index contributed by atoms with van der Waals surface area (Å²) in [6.07, 6.45) is 0. The number of nitro benzene ring substituents is 1. The van der Waals surface area contributed by atoms with Crippen LogP contribution in [0, 0.1) is 15.5 Å². The fourth-order valence-corrected chi connectivity index (χ4v) is 2.28. The second-order valence-corrected chi connectivity index (χ2v) is 5.26. The molecule has 1 N–H and O–H groups in total. The molecule has 2 rings (SSSR count). The summed E-state index contributed by atoms with van der Waals surface area (Å²) in [5.74, 6) is 0.554. The van der Waals surface area contributed by atoms with Crippen LogP contribution in [0.2, 0.25) is 5.02 Å². The molecule has 0 aromatic heterocycles. The molecule has 0 saturated carbocycles. The summed E-state index contributed by atoms with van der Waals surface area (Å²) >= 11 is 6.03. The molecule has 2 aromatic carbocycles. The van der Waals surface area contributed by atoms with Crippen molar-refractivity contribution in [1.82, 2.24) is 0 Å². The molecule has 0 aliphatic rings. The van der Waals surface area contributed by atoms with Gasteiger partial charge in [-0.1, -0.05) is 17.7 Å². The van der Waals surface area contributed by atoms with E-state index in [2.05, 4.69) is 0 Å². The number of hydrogen-bond donors (Lipinski definition) is 1. The molecule has 0 aliphatic heterocycles. The van der Waals surface area contributed by atoms with Gasteiger partial charge >= 0.3 is 0 Å². The van der Waals surface area contributed by atoms with Crippen LogP contribution in [0.4, 0.5) is 10.1 Å². The lowest BCUT2D eigenvalue weighted by Crippen LogP contribution is -2.10. The zero-order valence-electron chi connectivity index (χ0n) is 12.7. The smallest absolute Gasteiger partial charge is 0.278 e. The maximum absolute atomic E-state index is 12.6. The number of hydrogen-bond acceptors (Lipinski definition) is 5. The van der Waals surface area contributed by atoms with Crippen LogP contribution in [-0.4, -0.2) is 24.4 Å². The maximum atomic E-state index is 12.6. The van der Waals surface area contributed by atoms with Gasteiger partial charge in [-0.15, -0.1) is 0 Å². The van der Waals surface area contributed by atoms with E-state index >= 15 is 0 Å². The Bertz CT molecular complexity index is 783. The minimum absolute atomic E-state index is 0.0477. The number of nitrogens with one attached hydrogen (secondary N) is 1. The summed E-state index contributed by atoms with van der Waals surface area (Å²) in [4.78, 5) is 10.5. The van der Waals surface area contributed by atoms with Crippen molar-refractivity contribution in [3.05, 3.63) is 62.7 Å². The zero-order valence-corrected chi connectivity index (χ0v) is 13.5. The van der Waals surface area contributed by atoms with Gasteiger partial charge in [0.05, 0.1) is 27.8 Å². The van der Waals surface area contributed by atoms with Gasteiger partial charge in [-0.3, -0.25) is 10.1 Å². The second-order valence-electron chi connectivity index (χ2n) is 4.85. The fraction of sp³-hybridized carbons (Fsp3) is 0.188. The van der Waals surface area contributed by atoms with Crippen molar-refractivity contribution >= 4 is 23.0 Å². The van der Waals surface area contributed by atoms with E-state index in [4.69, 9.17) is 26.5 Å². The predicted molar refractivity (Wildman–Crippen MR) is 88.1 cm³/mol. The molecular weight excluding hydrogens is 339 g/mol. The number of rotatable bonds is 7. The summed E-state index contributed by atoms with van der Waals surface area (Å²) in [6, 6.07) is 8.51. The highest BCUT2D eigenvalue weighted by atomic mass is 35.5. The highest BCUT2D eigenvalue weighted by Crippen LogP contribution is 2.32. The van der Waals surface area contributed by atoms with E-state index in [9.17, 15) is 14.5 Å². The second kappa shape index (κ2) is 7.85. The van der Waals surface area contributed by atoms with Crippen molar-refractivity contribution in [3.63, 3.8) is 0 Å². The largest absolute Gasteiger partial charge is 0.456 e. The summed E-state index contributed by atoms with van der Waals surface area (Å²) in [6.45, 7) is -0.716. The lowest BCUT2D eigenvalue weighted by Gasteiger charge is -2.11. The van der Waals surface area contributed by atoms with E-state index in [0.29, 0.717) is 5.56 Å². The van der Waals surface area contributed by atoms with Gasteiger partial charge in [0, 0.05) is 13.2 Å². The number of ether oxygens (including phenoxy) is 2. The van der Waals surface area contributed by atoms with Crippen LogP contribution in [0.15, 0.2) is 36.4 Å². The Morgan fingerprint density at radius 3 is 2.67 bits per heavy atom. The van der Waals surface area contributed by atoms with Crippen molar-refractivity contribution in [2.75, 3.05) is 13.7 Å². The van der Waals surface area contributed by atoms with Crippen molar-refractivity contribution in [2.45, 2.75) is 6.67 Å². The lowest BCUT2D eigenvalue weighted by molar-refractivity contribution is -0.385. The first-order valence-electron chi connectivity index (χ1n) is 6.83. The summed E-state index contributed by atoms with van der Waals surface area (Å²) in [7, 11) is 1.40. The molecule has 0 heterocycles. The highest BCUT2D eigenvalue weighted by molar-refractivity contribution is 6.32. The standard InChI is InChI=1S/C16H14ClFN2O4/c1-23-9-14(19)12-7-11(3-4-15(12)20(21)22)24-16-5-2-10(8-18)6-13(16)17/h2-7,19H,8-9H2,1H3. The number of nitrogens with zero attached hydrogens (tertiary/aromatic N) is 1. The van der Waals surface area contributed by atoms with Crippen LogP contribution in [0.1, 0.15) is 11.1 Å². The van der Waals surface area contributed by atoms with Gasteiger partial charge in [-0.2, -0.15) is 0 Å². The Kier molecular flexibility index (Phi) is 5.83. The van der Waals surface area contributed by atoms with Crippen LogP contribution in [0.3, 0.4) is 0 Å². The molecule has 0 radical (unpaired) electrons. The monoisotopic (exact) mass is 352 g/mol. The van der Waals surface area contributed by atoms with E-state index in [1.807, 2.05) is 0 Å². The van der Waals surface area contributed by atoms with E-state index in [1.54, 1.807) is 0 Å². The number of nitro groups is 1. The molecule has 0 aliphatic carbocycles. The van der Waals surface area contributed by atoms with Crippen molar-refractivity contribution in [2.24, 2.45) is 0 Å². The van der Waals surface area contributed by atoms with E-state index in [0.717, 1.165) is 0 Å². The molecule has 0 atom stereocenters. The molecule has 126 valence electrons. The molecule has 0 saturated heterocycles. The average Bonchev–Trinajstić information content (AvgIpc) is 2.56. The number of benzene rings is 2. The van der Waals surface area contributed by atoms with Crippen LogP contribution in [-0.2, 0) is 11.4 Å². The van der Waals surface area contributed by atoms with E-state index in [1.165, 1.54) is 43.5 Å². The molecule has 0 amide bonds. The quantitative estimate of drug-likeness (QED) is 0.451. The number of halogens is 2. The normalized spacial score (nSPS) is 10.5. The van der Waals surface area contributed by atoms with Crippen LogP contribution < -0.4 is 4.74 Å². The Balaban J connectivity index is 2.36. The Labute approximate surface area is 142 Å². The molecule has 0 spiro atoms. The average molecular weight is 353 g/mol. The first-order valence-corrected chi connectivity index (χ1v) is 7.21. The predicted octanol–water partition coefficient (Wildman–Crippen LogP) is 4.52. The minimum Gasteiger partial charge on any atom is -0.456 e. The summed E-state index contributed by atoms with van der Waals surface area (Å²) in [5.41, 5.74) is 0.242. The zero-order chi connectivity index (χ0) is 17.7. The minimum atomic E-state index is -0.643. The third-order valence-corrected chi connectivity index (χ3v) is 3.45. The summed E-state index contributed by atoms with van der Waals surface area (Å²) < 4.78 is 23.0. The van der Waals surface area contributed by atoms with Crippen LogP contribution in [0.25, 0.3) is 0 Å². The topological polar surface area (TPSA) is 85.5 Å². The van der Waals surface area contributed by atoms with E-state index in [-0.39, 0.29) is 40.1 Å². The highest BCUT2D eigenvalue weighted by Gasteiger charge is 2.19. The fourth-order valence-electron chi connectivity index (χ4n) is 2.04. The number of alkyl halides is 1. The third-order valence-electron chi connectivity index (χ3n) is 3.16. The molecule has 24 heavy (non-hydrogen) atoms. The van der Waals surface area contributed by atoms with Gasteiger partial charge in [0.15, 0.2) is 0 Å². The first kappa shape index (κ1) is 17.8. The van der Waals surface area contributed by atoms with Crippen molar-refractivity contribution < 1.29 is 18.8 Å². The van der Waals surface area contributed by atoms with Gasteiger partial charge in [-0.25, -0.2) is 4.39 Å².